The Balaban J connectivity index is 2.36. The Morgan fingerprint density at radius 1 is 1.40 bits per heavy atom. The molecule has 1 amide bonds. The first-order chi connectivity index (χ1) is 7.29. The van der Waals surface area contributed by atoms with Crippen molar-refractivity contribution in [3.63, 3.8) is 0 Å². The molecule has 0 radical (unpaired) electrons. The molecule has 0 bridgehead atoms. The van der Waals surface area contributed by atoms with Gasteiger partial charge in [-0.3, -0.25) is 9.48 Å². The molecule has 2 aromatic rings. The Hall–Kier alpha value is -2.10. The zero-order valence-corrected chi connectivity index (χ0v) is 8.34. The molecule has 0 aliphatic heterocycles. The van der Waals surface area contributed by atoms with E-state index in [0.717, 1.165) is 16.9 Å². The molecule has 15 heavy (non-hydrogen) atoms. The Bertz CT molecular complexity index is 476. The normalized spacial score (nSPS) is 9.93. The molecule has 0 atom stereocenters. The smallest absolute Gasteiger partial charge is 0.211 e. The average Bonchev–Trinajstić information content (AvgIpc) is 2.66. The van der Waals surface area contributed by atoms with Crippen LogP contribution in [0.1, 0.15) is 0 Å². The van der Waals surface area contributed by atoms with Crippen LogP contribution in [0.5, 0.6) is 0 Å². The van der Waals surface area contributed by atoms with Gasteiger partial charge >= 0.3 is 0 Å². The van der Waals surface area contributed by atoms with E-state index in [9.17, 15) is 4.79 Å². The average molecular weight is 201 g/mol. The first kappa shape index (κ1) is 9.45. The van der Waals surface area contributed by atoms with Crippen LogP contribution in [-0.2, 0) is 11.8 Å². The second kappa shape index (κ2) is 3.96. The summed E-state index contributed by atoms with van der Waals surface area (Å²) in [6, 6.07) is 9.49. The van der Waals surface area contributed by atoms with Gasteiger partial charge in [-0.05, 0) is 18.2 Å². The number of nitrogens with one attached hydrogen (secondary N) is 1. The Kier molecular flexibility index (Phi) is 2.49. The summed E-state index contributed by atoms with van der Waals surface area (Å²) in [4.78, 5) is 10.3. The van der Waals surface area contributed by atoms with Gasteiger partial charge < -0.3 is 5.32 Å². The van der Waals surface area contributed by atoms with Gasteiger partial charge in [0.05, 0.1) is 5.69 Å². The number of nitrogens with zero attached hydrogens (tertiary/aromatic N) is 2. The molecule has 4 heteroatoms. The molecule has 0 spiro atoms. The van der Waals surface area contributed by atoms with Crippen LogP contribution >= 0.6 is 0 Å². The van der Waals surface area contributed by atoms with Crippen LogP contribution in [0.25, 0.3) is 11.3 Å². The first-order valence-corrected chi connectivity index (χ1v) is 4.60. The molecule has 0 aliphatic rings. The predicted octanol–water partition coefficient (Wildman–Crippen LogP) is 1.66. The maximum absolute atomic E-state index is 10.3. The van der Waals surface area contributed by atoms with E-state index in [1.54, 1.807) is 4.68 Å². The van der Waals surface area contributed by atoms with Crippen molar-refractivity contribution in [2.75, 3.05) is 5.32 Å². The van der Waals surface area contributed by atoms with Crippen molar-refractivity contribution in [2.24, 2.45) is 7.05 Å². The lowest BCUT2D eigenvalue weighted by atomic mass is 10.1. The Morgan fingerprint density at radius 2 is 2.27 bits per heavy atom. The highest BCUT2D eigenvalue weighted by atomic mass is 16.1. The van der Waals surface area contributed by atoms with E-state index in [0.29, 0.717) is 6.41 Å². The third kappa shape index (κ3) is 2.04. The van der Waals surface area contributed by atoms with E-state index in [4.69, 9.17) is 0 Å². The summed E-state index contributed by atoms with van der Waals surface area (Å²) in [6.45, 7) is 0. The summed E-state index contributed by atoms with van der Waals surface area (Å²) in [5, 5.41) is 6.89. The number of benzene rings is 1. The van der Waals surface area contributed by atoms with Crippen LogP contribution in [-0.4, -0.2) is 16.2 Å². The molecular weight excluding hydrogens is 190 g/mol. The fourth-order valence-corrected chi connectivity index (χ4v) is 1.41. The lowest BCUT2D eigenvalue weighted by Crippen LogP contribution is -1.93. The second-order valence-electron chi connectivity index (χ2n) is 3.22. The van der Waals surface area contributed by atoms with E-state index < -0.39 is 0 Å². The van der Waals surface area contributed by atoms with Crippen molar-refractivity contribution >= 4 is 12.1 Å². The summed E-state index contributed by atoms with van der Waals surface area (Å²) in [6.07, 6.45) is 2.55. The summed E-state index contributed by atoms with van der Waals surface area (Å²) in [7, 11) is 1.87. The summed E-state index contributed by atoms with van der Waals surface area (Å²) < 4.78 is 1.75. The molecule has 2 rings (SSSR count). The van der Waals surface area contributed by atoms with Crippen molar-refractivity contribution < 1.29 is 4.79 Å². The zero-order chi connectivity index (χ0) is 10.7. The minimum absolute atomic E-state index is 0.664. The minimum Gasteiger partial charge on any atom is -0.329 e. The molecule has 1 heterocycles. The highest BCUT2D eigenvalue weighted by molar-refractivity contribution is 5.74. The van der Waals surface area contributed by atoms with E-state index >= 15 is 0 Å². The Morgan fingerprint density at radius 3 is 2.93 bits per heavy atom. The number of aromatic nitrogens is 2. The molecule has 1 aromatic heterocycles. The molecule has 0 fully saturated rings. The van der Waals surface area contributed by atoms with Crippen LogP contribution in [0.4, 0.5) is 5.69 Å². The summed E-state index contributed by atoms with van der Waals surface area (Å²) in [5.41, 5.74) is 2.66. The number of carbonyl (C=O) groups is 1. The third-order valence-electron chi connectivity index (χ3n) is 2.10. The zero-order valence-electron chi connectivity index (χ0n) is 8.34. The maximum atomic E-state index is 10.3. The monoisotopic (exact) mass is 201 g/mol. The Labute approximate surface area is 87.5 Å². The fraction of sp³-hybridized carbons (Fsp3) is 0.0909. The van der Waals surface area contributed by atoms with Crippen LogP contribution < -0.4 is 5.32 Å². The number of hydrogen-bond donors (Lipinski definition) is 1. The molecular formula is C11H11N3O. The van der Waals surface area contributed by atoms with Crippen molar-refractivity contribution in [1.29, 1.82) is 0 Å². The van der Waals surface area contributed by atoms with Gasteiger partial charge in [-0.2, -0.15) is 5.10 Å². The maximum Gasteiger partial charge on any atom is 0.211 e. The van der Waals surface area contributed by atoms with Crippen LogP contribution in [0.2, 0.25) is 0 Å². The van der Waals surface area contributed by atoms with Crippen molar-refractivity contribution in [2.45, 2.75) is 0 Å². The minimum atomic E-state index is 0.664. The van der Waals surface area contributed by atoms with Gasteiger partial charge in [0.15, 0.2) is 0 Å². The number of amides is 1. The molecule has 0 saturated carbocycles. The van der Waals surface area contributed by atoms with Gasteiger partial charge in [-0.15, -0.1) is 0 Å². The van der Waals surface area contributed by atoms with Gasteiger partial charge in [0.25, 0.3) is 0 Å². The highest BCUT2D eigenvalue weighted by Crippen LogP contribution is 2.20. The van der Waals surface area contributed by atoms with Crippen LogP contribution in [0.15, 0.2) is 36.5 Å². The van der Waals surface area contributed by atoms with E-state index in [1.165, 1.54) is 0 Å². The van der Waals surface area contributed by atoms with E-state index in [1.807, 2.05) is 43.6 Å². The van der Waals surface area contributed by atoms with Gasteiger partial charge in [0.1, 0.15) is 0 Å². The number of carbonyl (C=O) groups excluding carboxylic acids is 1. The second-order valence-corrected chi connectivity index (χ2v) is 3.22. The predicted molar refractivity (Wildman–Crippen MR) is 58.3 cm³/mol. The van der Waals surface area contributed by atoms with Crippen molar-refractivity contribution in [3.05, 3.63) is 36.5 Å². The van der Waals surface area contributed by atoms with Crippen molar-refractivity contribution in [3.8, 4) is 11.3 Å². The quantitative estimate of drug-likeness (QED) is 0.767. The molecule has 0 saturated heterocycles. The molecule has 0 unspecified atom stereocenters. The lowest BCUT2D eigenvalue weighted by molar-refractivity contribution is -0.105. The number of hydrogen-bond acceptors (Lipinski definition) is 2. The topological polar surface area (TPSA) is 46.9 Å². The largest absolute Gasteiger partial charge is 0.329 e. The molecule has 1 aromatic carbocycles. The van der Waals surface area contributed by atoms with Gasteiger partial charge in [0, 0.05) is 24.5 Å². The van der Waals surface area contributed by atoms with E-state index in [2.05, 4.69) is 10.4 Å². The highest BCUT2D eigenvalue weighted by Gasteiger charge is 2.01. The number of aryl methyl sites for hydroxylation is 1. The summed E-state index contributed by atoms with van der Waals surface area (Å²) >= 11 is 0. The molecule has 4 nitrogen and oxygen atoms in total. The lowest BCUT2D eigenvalue weighted by Gasteiger charge is -2.00. The van der Waals surface area contributed by atoms with Crippen molar-refractivity contribution in [1.82, 2.24) is 9.78 Å². The molecule has 76 valence electrons. The van der Waals surface area contributed by atoms with Gasteiger partial charge in [0.2, 0.25) is 6.41 Å². The number of rotatable bonds is 3. The standard InChI is InChI=1S/C11H11N3O/c1-14-6-5-11(13-14)9-3-2-4-10(7-9)12-8-15/h2-8H,1H3,(H,12,15). The molecule has 0 aliphatic carbocycles. The van der Waals surface area contributed by atoms with Crippen LogP contribution in [0.3, 0.4) is 0 Å². The first-order valence-electron chi connectivity index (χ1n) is 4.60. The third-order valence-corrected chi connectivity index (χ3v) is 2.10. The van der Waals surface area contributed by atoms with Crippen LogP contribution in [0, 0.1) is 0 Å². The van der Waals surface area contributed by atoms with E-state index in [-0.39, 0.29) is 0 Å². The number of anilines is 1. The van der Waals surface area contributed by atoms with Gasteiger partial charge in [-0.1, -0.05) is 12.1 Å². The SMILES string of the molecule is Cn1ccc(-c2cccc(NC=O)c2)n1. The fourth-order valence-electron chi connectivity index (χ4n) is 1.41. The van der Waals surface area contributed by atoms with Gasteiger partial charge in [-0.25, -0.2) is 0 Å². The molecule has 1 N–H and O–H groups in total. The summed E-state index contributed by atoms with van der Waals surface area (Å²) in [5.74, 6) is 0.